The summed E-state index contributed by atoms with van der Waals surface area (Å²) in [5.41, 5.74) is 0.763. The highest BCUT2D eigenvalue weighted by Crippen LogP contribution is 2.28. The van der Waals surface area contributed by atoms with Crippen LogP contribution in [0.4, 0.5) is 0 Å². The molecule has 1 aliphatic heterocycles. The lowest BCUT2D eigenvalue weighted by Gasteiger charge is -2.31. The van der Waals surface area contributed by atoms with E-state index in [0.29, 0.717) is 18.6 Å². The van der Waals surface area contributed by atoms with Crippen molar-refractivity contribution < 1.29 is 27.2 Å². The fourth-order valence-electron chi connectivity index (χ4n) is 4.09. The van der Waals surface area contributed by atoms with E-state index in [2.05, 4.69) is 5.32 Å². The van der Waals surface area contributed by atoms with Crippen LogP contribution in [0.15, 0.2) is 63.9 Å². The van der Waals surface area contributed by atoms with Gasteiger partial charge in [-0.2, -0.15) is 4.31 Å². The number of methoxy groups -OCH3 is 1. The van der Waals surface area contributed by atoms with E-state index < -0.39 is 16.0 Å². The Bertz CT molecular complexity index is 1240. The molecule has 0 saturated carbocycles. The summed E-state index contributed by atoms with van der Waals surface area (Å²) < 4.78 is 38.2. The second-order valence-corrected chi connectivity index (χ2v) is 9.99. The molecule has 1 fully saturated rings. The van der Waals surface area contributed by atoms with Crippen LogP contribution in [0, 0.1) is 5.92 Å². The Morgan fingerprint density at radius 3 is 2.45 bits per heavy atom. The Morgan fingerprint density at radius 2 is 1.76 bits per heavy atom. The van der Waals surface area contributed by atoms with Crippen molar-refractivity contribution in [3.05, 3.63) is 65.9 Å². The van der Waals surface area contributed by atoms with Gasteiger partial charge in [-0.3, -0.25) is 4.79 Å². The van der Waals surface area contributed by atoms with E-state index in [-0.39, 0.29) is 41.4 Å². The number of nitrogens with one attached hydrogen (secondary N) is 1. The minimum Gasteiger partial charge on any atom is -0.465 e. The molecule has 33 heavy (non-hydrogen) atoms. The highest BCUT2D eigenvalue weighted by Gasteiger charge is 2.34. The van der Waals surface area contributed by atoms with Gasteiger partial charge >= 0.3 is 5.97 Å². The number of carbonyl (C=O) groups is 2. The van der Waals surface area contributed by atoms with Crippen molar-refractivity contribution in [3.63, 3.8) is 0 Å². The maximum Gasteiger partial charge on any atom is 0.339 e. The molecule has 0 spiro atoms. The minimum atomic E-state index is -3.89. The summed E-state index contributed by atoms with van der Waals surface area (Å²) in [5, 5.41) is 3.95. The van der Waals surface area contributed by atoms with E-state index in [0.717, 1.165) is 11.0 Å². The van der Waals surface area contributed by atoms with Gasteiger partial charge < -0.3 is 14.5 Å². The van der Waals surface area contributed by atoms with Crippen LogP contribution in [0.2, 0.25) is 0 Å². The van der Waals surface area contributed by atoms with Gasteiger partial charge in [0.25, 0.3) is 0 Å². The summed E-state index contributed by atoms with van der Waals surface area (Å²) in [7, 11) is -2.68. The van der Waals surface area contributed by atoms with Crippen molar-refractivity contribution in [1.82, 2.24) is 9.62 Å². The molecule has 1 unspecified atom stereocenters. The molecule has 8 nitrogen and oxygen atoms in total. The molecule has 4 rings (SSSR count). The van der Waals surface area contributed by atoms with Gasteiger partial charge in [0.2, 0.25) is 15.9 Å². The number of furan rings is 1. The standard InChI is InChI=1S/C24H26N2O6S/c1-16(21-15-18-7-3-5-9-20(18)32-21)25-23(27)17-11-13-26(14-12-17)33(29,30)22-10-6-4-8-19(22)24(28)31-2/h3-10,15-17H,11-14H2,1-2H3,(H,25,27). The topological polar surface area (TPSA) is 106 Å². The van der Waals surface area contributed by atoms with Gasteiger partial charge in [0.05, 0.1) is 23.6 Å². The first-order chi connectivity index (χ1) is 15.8. The van der Waals surface area contributed by atoms with E-state index >= 15 is 0 Å². The number of hydrogen-bond donors (Lipinski definition) is 1. The van der Waals surface area contributed by atoms with Crippen molar-refractivity contribution in [2.45, 2.75) is 30.7 Å². The molecule has 9 heteroatoms. The maximum atomic E-state index is 13.2. The number of sulfonamides is 1. The number of ether oxygens (including phenoxy) is 1. The number of piperidine rings is 1. The SMILES string of the molecule is COC(=O)c1ccccc1S(=O)(=O)N1CCC(C(=O)NC(C)c2cc3ccccc3o2)CC1. The Labute approximate surface area is 192 Å². The molecule has 2 heterocycles. The second-order valence-electron chi connectivity index (χ2n) is 8.08. The zero-order valence-corrected chi connectivity index (χ0v) is 19.3. The molecule has 1 aliphatic rings. The molecule has 1 saturated heterocycles. The molecule has 1 aromatic heterocycles. The normalized spacial score (nSPS) is 16.4. The Kier molecular flexibility index (Phi) is 6.53. The summed E-state index contributed by atoms with van der Waals surface area (Å²) in [6, 6.07) is 15.2. The number of para-hydroxylation sites is 1. The number of fused-ring (bicyclic) bond motifs is 1. The number of amides is 1. The fraction of sp³-hybridized carbons (Fsp3) is 0.333. The van der Waals surface area contributed by atoms with Gasteiger partial charge in [-0.05, 0) is 44.0 Å². The zero-order chi connectivity index (χ0) is 23.6. The summed E-state index contributed by atoms with van der Waals surface area (Å²) in [6.45, 7) is 2.24. The number of esters is 1. The monoisotopic (exact) mass is 470 g/mol. The van der Waals surface area contributed by atoms with Crippen molar-refractivity contribution in [3.8, 4) is 0 Å². The number of benzene rings is 2. The lowest BCUT2D eigenvalue weighted by atomic mass is 9.97. The maximum absolute atomic E-state index is 13.2. The smallest absolute Gasteiger partial charge is 0.339 e. The second kappa shape index (κ2) is 9.36. The third-order valence-corrected chi connectivity index (χ3v) is 7.92. The van der Waals surface area contributed by atoms with Gasteiger partial charge in [0.1, 0.15) is 11.3 Å². The molecule has 2 aromatic carbocycles. The molecule has 0 aliphatic carbocycles. The van der Waals surface area contributed by atoms with E-state index in [4.69, 9.17) is 9.15 Å². The van der Waals surface area contributed by atoms with Gasteiger partial charge in [-0.1, -0.05) is 30.3 Å². The predicted molar refractivity (Wildman–Crippen MR) is 122 cm³/mol. The fourth-order valence-corrected chi connectivity index (χ4v) is 5.74. The van der Waals surface area contributed by atoms with Gasteiger partial charge in [0, 0.05) is 24.4 Å². The summed E-state index contributed by atoms with van der Waals surface area (Å²) in [4.78, 5) is 24.8. The Balaban J connectivity index is 1.40. The summed E-state index contributed by atoms with van der Waals surface area (Å²) >= 11 is 0. The average molecular weight is 471 g/mol. The largest absolute Gasteiger partial charge is 0.465 e. The van der Waals surface area contributed by atoms with Crippen LogP contribution in [0.5, 0.6) is 0 Å². The van der Waals surface area contributed by atoms with E-state index in [1.807, 2.05) is 37.3 Å². The lowest BCUT2D eigenvalue weighted by molar-refractivity contribution is -0.126. The third kappa shape index (κ3) is 4.65. The van der Waals surface area contributed by atoms with E-state index in [9.17, 15) is 18.0 Å². The van der Waals surface area contributed by atoms with Crippen LogP contribution in [-0.4, -0.2) is 44.8 Å². The first-order valence-corrected chi connectivity index (χ1v) is 12.2. The van der Waals surface area contributed by atoms with Crippen molar-refractivity contribution >= 4 is 32.9 Å². The molecule has 1 atom stereocenters. The highest BCUT2D eigenvalue weighted by atomic mass is 32.2. The summed E-state index contributed by atoms with van der Waals surface area (Å²) in [5.74, 6) is -0.471. The van der Waals surface area contributed by atoms with Crippen LogP contribution in [0.25, 0.3) is 11.0 Å². The average Bonchev–Trinajstić information content (AvgIpc) is 3.28. The molecule has 1 amide bonds. The van der Waals surface area contributed by atoms with Gasteiger partial charge in [-0.25, -0.2) is 13.2 Å². The van der Waals surface area contributed by atoms with E-state index in [1.54, 1.807) is 12.1 Å². The van der Waals surface area contributed by atoms with Crippen molar-refractivity contribution in [2.24, 2.45) is 5.92 Å². The third-order valence-electron chi connectivity index (χ3n) is 5.97. The van der Waals surface area contributed by atoms with Gasteiger partial charge in [0.15, 0.2) is 0 Å². The van der Waals surface area contributed by atoms with Gasteiger partial charge in [-0.15, -0.1) is 0 Å². The molecule has 3 aromatic rings. The zero-order valence-electron chi connectivity index (χ0n) is 18.5. The van der Waals surface area contributed by atoms with Crippen LogP contribution >= 0.6 is 0 Å². The molecular formula is C24H26N2O6S. The van der Waals surface area contributed by atoms with Crippen LogP contribution in [0.1, 0.15) is 41.9 Å². The lowest BCUT2D eigenvalue weighted by Crippen LogP contribution is -2.43. The number of nitrogens with zero attached hydrogens (tertiary/aromatic N) is 1. The Hall–Kier alpha value is -3.17. The number of carbonyl (C=O) groups excluding carboxylic acids is 2. The molecule has 1 N–H and O–H groups in total. The van der Waals surface area contributed by atoms with Crippen molar-refractivity contribution in [2.75, 3.05) is 20.2 Å². The predicted octanol–water partition coefficient (Wildman–Crippen LogP) is 3.50. The van der Waals surface area contributed by atoms with E-state index in [1.165, 1.54) is 23.5 Å². The van der Waals surface area contributed by atoms with Crippen LogP contribution in [-0.2, 0) is 19.6 Å². The Morgan fingerprint density at radius 1 is 1.09 bits per heavy atom. The number of rotatable bonds is 6. The summed E-state index contributed by atoms with van der Waals surface area (Å²) in [6.07, 6.45) is 0.774. The number of hydrogen-bond acceptors (Lipinski definition) is 6. The van der Waals surface area contributed by atoms with Crippen molar-refractivity contribution in [1.29, 1.82) is 0 Å². The highest BCUT2D eigenvalue weighted by molar-refractivity contribution is 7.89. The molecule has 0 radical (unpaired) electrons. The molecule has 174 valence electrons. The van der Waals surface area contributed by atoms with Crippen LogP contribution < -0.4 is 5.32 Å². The molecular weight excluding hydrogens is 444 g/mol. The first kappa shape index (κ1) is 23.0. The minimum absolute atomic E-state index is 0.000439. The quantitative estimate of drug-likeness (QED) is 0.553. The first-order valence-electron chi connectivity index (χ1n) is 10.8. The molecule has 0 bridgehead atoms. The van der Waals surface area contributed by atoms with Crippen LogP contribution in [0.3, 0.4) is 0 Å².